The summed E-state index contributed by atoms with van der Waals surface area (Å²) >= 11 is 0. The molecular formula is C17H29FN2. The van der Waals surface area contributed by atoms with Gasteiger partial charge in [0.1, 0.15) is 5.82 Å². The van der Waals surface area contributed by atoms with Crippen LogP contribution in [0.1, 0.15) is 39.7 Å². The lowest BCUT2D eigenvalue weighted by atomic mass is 9.84. The predicted molar refractivity (Wildman–Crippen MR) is 84.3 cm³/mol. The standard InChI is InChI=1S/C17H29FN2/c1-6-19-16(17(2,3)4)11-12-20(5)13-14-9-7-8-10-15(14)18/h7-10,16,19H,6,11-13H2,1-5H3. The third-order valence-corrected chi connectivity index (χ3v) is 3.69. The zero-order valence-electron chi connectivity index (χ0n) is 13.5. The third-order valence-electron chi connectivity index (χ3n) is 3.69. The normalized spacial score (nSPS) is 13.8. The van der Waals surface area contributed by atoms with Crippen molar-refractivity contribution in [1.82, 2.24) is 10.2 Å². The van der Waals surface area contributed by atoms with E-state index >= 15 is 0 Å². The van der Waals surface area contributed by atoms with Crippen LogP contribution in [0.15, 0.2) is 24.3 Å². The molecule has 1 atom stereocenters. The molecule has 0 bridgehead atoms. The Bertz CT molecular complexity index is 398. The van der Waals surface area contributed by atoms with Crippen molar-refractivity contribution in [3.8, 4) is 0 Å². The van der Waals surface area contributed by atoms with Gasteiger partial charge in [0, 0.05) is 18.2 Å². The number of nitrogens with one attached hydrogen (secondary N) is 1. The third kappa shape index (κ3) is 5.59. The Morgan fingerprint density at radius 3 is 2.45 bits per heavy atom. The second kappa shape index (κ2) is 7.75. The second-order valence-electron chi connectivity index (χ2n) is 6.59. The molecule has 0 spiro atoms. The van der Waals surface area contributed by atoms with Crippen molar-refractivity contribution in [2.45, 2.75) is 46.7 Å². The van der Waals surface area contributed by atoms with Gasteiger partial charge in [-0.05, 0) is 38.0 Å². The van der Waals surface area contributed by atoms with E-state index in [1.54, 1.807) is 6.07 Å². The molecule has 1 unspecified atom stereocenters. The molecule has 0 aliphatic heterocycles. The fourth-order valence-electron chi connectivity index (χ4n) is 2.43. The van der Waals surface area contributed by atoms with Crippen LogP contribution in [-0.4, -0.2) is 31.1 Å². The Labute approximate surface area is 123 Å². The van der Waals surface area contributed by atoms with Crippen molar-refractivity contribution >= 4 is 0 Å². The van der Waals surface area contributed by atoms with Crippen LogP contribution in [0.25, 0.3) is 0 Å². The van der Waals surface area contributed by atoms with E-state index in [4.69, 9.17) is 0 Å². The molecule has 0 saturated heterocycles. The van der Waals surface area contributed by atoms with Crippen LogP contribution in [0.3, 0.4) is 0 Å². The van der Waals surface area contributed by atoms with Crippen LogP contribution in [0, 0.1) is 11.2 Å². The highest BCUT2D eigenvalue weighted by Crippen LogP contribution is 2.22. The zero-order valence-corrected chi connectivity index (χ0v) is 13.5. The molecule has 1 aromatic rings. The lowest BCUT2D eigenvalue weighted by Gasteiger charge is -2.33. The molecule has 0 aliphatic carbocycles. The van der Waals surface area contributed by atoms with Crippen LogP contribution in [0.2, 0.25) is 0 Å². The molecule has 0 amide bonds. The van der Waals surface area contributed by atoms with Crippen molar-refractivity contribution in [3.05, 3.63) is 35.6 Å². The minimum Gasteiger partial charge on any atom is -0.314 e. The minimum atomic E-state index is -0.113. The average molecular weight is 280 g/mol. The van der Waals surface area contributed by atoms with Gasteiger partial charge in [-0.15, -0.1) is 0 Å². The largest absolute Gasteiger partial charge is 0.314 e. The molecule has 0 heterocycles. The first-order valence-electron chi connectivity index (χ1n) is 7.50. The maximum absolute atomic E-state index is 13.6. The monoisotopic (exact) mass is 280 g/mol. The van der Waals surface area contributed by atoms with Crippen molar-refractivity contribution in [1.29, 1.82) is 0 Å². The molecule has 1 N–H and O–H groups in total. The SMILES string of the molecule is CCNC(CCN(C)Cc1ccccc1F)C(C)(C)C. The summed E-state index contributed by atoms with van der Waals surface area (Å²) in [5.41, 5.74) is 1.01. The van der Waals surface area contributed by atoms with E-state index in [1.807, 2.05) is 12.1 Å². The average Bonchev–Trinajstić information content (AvgIpc) is 2.36. The van der Waals surface area contributed by atoms with Crippen molar-refractivity contribution < 1.29 is 4.39 Å². The molecule has 0 aromatic heterocycles. The molecular weight excluding hydrogens is 251 g/mol. The molecule has 20 heavy (non-hydrogen) atoms. The fourth-order valence-corrected chi connectivity index (χ4v) is 2.43. The number of rotatable bonds is 7. The first kappa shape index (κ1) is 17.1. The molecule has 114 valence electrons. The van der Waals surface area contributed by atoms with Gasteiger partial charge in [-0.3, -0.25) is 0 Å². The first-order valence-corrected chi connectivity index (χ1v) is 7.50. The maximum Gasteiger partial charge on any atom is 0.127 e. The topological polar surface area (TPSA) is 15.3 Å². The van der Waals surface area contributed by atoms with E-state index < -0.39 is 0 Å². The van der Waals surface area contributed by atoms with Gasteiger partial charge in [0.25, 0.3) is 0 Å². The van der Waals surface area contributed by atoms with Gasteiger partial charge >= 0.3 is 0 Å². The summed E-state index contributed by atoms with van der Waals surface area (Å²) in [5, 5.41) is 3.55. The van der Waals surface area contributed by atoms with Crippen molar-refractivity contribution in [3.63, 3.8) is 0 Å². The Morgan fingerprint density at radius 2 is 1.90 bits per heavy atom. The minimum absolute atomic E-state index is 0.113. The number of nitrogens with zero attached hydrogens (tertiary/aromatic N) is 1. The van der Waals surface area contributed by atoms with E-state index in [0.29, 0.717) is 12.6 Å². The second-order valence-corrected chi connectivity index (χ2v) is 6.59. The van der Waals surface area contributed by atoms with Gasteiger partial charge in [0.05, 0.1) is 0 Å². The molecule has 0 aliphatic rings. The number of hydrogen-bond acceptors (Lipinski definition) is 2. The van der Waals surface area contributed by atoms with E-state index in [2.05, 4.69) is 45.0 Å². The van der Waals surface area contributed by atoms with Gasteiger partial charge < -0.3 is 10.2 Å². The summed E-state index contributed by atoms with van der Waals surface area (Å²) in [5.74, 6) is -0.113. The lowest BCUT2D eigenvalue weighted by Crippen LogP contribution is -2.42. The number of halogens is 1. The van der Waals surface area contributed by atoms with Gasteiger partial charge in [0.2, 0.25) is 0 Å². The Balaban J connectivity index is 2.50. The van der Waals surface area contributed by atoms with Crippen LogP contribution < -0.4 is 5.32 Å². The molecule has 0 fully saturated rings. The molecule has 2 nitrogen and oxygen atoms in total. The molecule has 3 heteroatoms. The van der Waals surface area contributed by atoms with Crippen LogP contribution in [0.4, 0.5) is 4.39 Å². The fraction of sp³-hybridized carbons (Fsp3) is 0.647. The molecule has 1 aromatic carbocycles. The van der Waals surface area contributed by atoms with E-state index in [9.17, 15) is 4.39 Å². The molecule has 0 radical (unpaired) electrons. The van der Waals surface area contributed by atoms with Crippen LogP contribution in [-0.2, 0) is 6.54 Å². The molecule has 0 saturated carbocycles. The van der Waals surface area contributed by atoms with Crippen molar-refractivity contribution in [2.24, 2.45) is 5.41 Å². The Morgan fingerprint density at radius 1 is 1.25 bits per heavy atom. The smallest absolute Gasteiger partial charge is 0.127 e. The van der Waals surface area contributed by atoms with E-state index in [-0.39, 0.29) is 11.2 Å². The predicted octanol–water partition coefficient (Wildman–Crippen LogP) is 3.67. The summed E-state index contributed by atoms with van der Waals surface area (Å²) in [7, 11) is 2.05. The quantitative estimate of drug-likeness (QED) is 0.820. The van der Waals surface area contributed by atoms with Crippen LogP contribution >= 0.6 is 0 Å². The van der Waals surface area contributed by atoms with Gasteiger partial charge in [0.15, 0.2) is 0 Å². The van der Waals surface area contributed by atoms with Crippen LogP contribution in [0.5, 0.6) is 0 Å². The van der Waals surface area contributed by atoms with E-state index in [0.717, 1.165) is 25.1 Å². The van der Waals surface area contributed by atoms with Crippen molar-refractivity contribution in [2.75, 3.05) is 20.1 Å². The van der Waals surface area contributed by atoms with Gasteiger partial charge in [-0.25, -0.2) is 4.39 Å². The number of hydrogen-bond donors (Lipinski definition) is 1. The summed E-state index contributed by atoms with van der Waals surface area (Å²) in [4.78, 5) is 2.19. The summed E-state index contributed by atoms with van der Waals surface area (Å²) < 4.78 is 13.6. The van der Waals surface area contributed by atoms with Gasteiger partial charge in [-0.2, -0.15) is 0 Å². The zero-order chi connectivity index (χ0) is 15.2. The molecule has 1 rings (SSSR count). The highest BCUT2D eigenvalue weighted by atomic mass is 19.1. The lowest BCUT2D eigenvalue weighted by molar-refractivity contribution is 0.220. The summed E-state index contributed by atoms with van der Waals surface area (Å²) in [6.45, 7) is 11.5. The summed E-state index contributed by atoms with van der Waals surface area (Å²) in [6.07, 6.45) is 1.07. The van der Waals surface area contributed by atoms with E-state index in [1.165, 1.54) is 6.07 Å². The summed E-state index contributed by atoms with van der Waals surface area (Å²) in [6, 6.07) is 7.50. The Hall–Kier alpha value is -0.930. The van der Waals surface area contributed by atoms with Gasteiger partial charge in [-0.1, -0.05) is 45.9 Å². The maximum atomic E-state index is 13.6. The highest BCUT2D eigenvalue weighted by Gasteiger charge is 2.23. The first-order chi connectivity index (χ1) is 9.34. The Kier molecular flexibility index (Phi) is 6.63. The highest BCUT2D eigenvalue weighted by molar-refractivity contribution is 5.16. The number of benzene rings is 1.